The first-order valence-corrected chi connectivity index (χ1v) is 5.77. The average Bonchev–Trinajstić information content (AvgIpc) is 2.46. The second-order valence-electron chi connectivity index (χ2n) is 3.95. The Hall–Kier alpha value is -2.49. The number of methoxy groups -OCH3 is 1. The average molecular weight is 258 g/mol. The summed E-state index contributed by atoms with van der Waals surface area (Å²) in [6.45, 7) is 0.293. The fourth-order valence-corrected chi connectivity index (χ4v) is 1.69. The first-order chi connectivity index (χ1) is 9.24. The van der Waals surface area contributed by atoms with E-state index in [2.05, 4.69) is 0 Å². The van der Waals surface area contributed by atoms with Crippen LogP contribution in [-0.2, 0) is 6.61 Å². The SMILES string of the molecule is COc1cccc(C=O)c1OCc1ccc(O)cc1. The summed E-state index contributed by atoms with van der Waals surface area (Å²) < 4.78 is 10.8. The zero-order valence-corrected chi connectivity index (χ0v) is 10.5. The molecule has 0 aliphatic carbocycles. The standard InChI is InChI=1S/C15H14O4/c1-18-14-4-2-3-12(9-16)15(14)19-10-11-5-7-13(17)8-6-11/h2-9,17H,10H2,1H3. The van der Waals surface area contributed by atoms with Crippen LogP contribution >= 0.6 is 0 Å². The minimum absolute atomic E-state index is 0.203. The van der Waals surface area contributed by atoms with Crippen LogP contribution in [0.3, 0.4) is 0 Å². The van der Waals surface area contributed by atoms with Crippen molar-refractivity contribution in [3.8, 4) is 17.2 Å². The predicted molar refractivity (Wildman–Crippen MR) is 70.8 cm³/mol. The molecule has 2 rings (SSSR count). The van der Waals surface area contributed by atoms with Gasteiger partial charge in [0.1, 0.15) is 12.4 Å². The number of phenols is 1. The van der Waals surface area contributed by atoms with Crippen molar-refractivity contribution < 1.29 is 19.4 Å². The van der Waals surface area contributed by atoms with Crippen LogP contribution in [0.4, 0.5) is 0 Å². The van der Waals surface area contributed by atoms with E-state index in [1.165, 1.54) is 7.11 Å². The number of carbonyl (C=O) groups excluding carboxylic acids is 1. The molecule has 0 spiro atoms. The molecule has 4 nitrogen and oxygen atoms in total. The van der Waals surface area contributed by atoms with E-state index >= 15 is 0 Å². The Labute approximate surface area is 111 Å². The number of aldehydes is 1. The maximum absolute atomic E-state index is 11.0. The largest absolute Gasteiger partial charge is 0.508 e. The molecule has 98 valence electrons. The number of hydrogen-bond donors (Lipinski definition) is 1. The Bertz CT molecular complexity index is 561. The molecule has 2 aromatic carbocycles. The second kappa shape index (κ2) is 5.91. The fraction of sp³-hybridized carbons (Fsp3) is 0.133. The quantitative estimate of drug-likeness (QED) is 0.838. The minimum atomic E-state index is 0.203. The molecule has 0 heterocycles. The minimum Gasteiger partial charge on any atom is -0.508 e. The molecule has 0 atom stereocenters. The lowest BCUT2D eigenvalue weighted by molar-refractivity contribution is 0.111. The highest BCUT2D eigenvalue weighted by atomic mass is 16.5. The number of para-hydroxylation sites is 1. The van der Waals surface area contributed by atoms with E-state index < -0.39 is 0 Å². The summed E-state index contributed by atoms with van der Waals surface area (Å²) >= 11 is 0. The normalized spacial score (nSPS) is 9.95. The maximum Gasteiger partial charge on any atom is 0.172 e. The van der Waals surface area contributed by atoms with Crippen LogP contribution in [0.15, 0.2) is 42.5 Å². The summed E-state index contributed by atoms with van der Waals surface area (Å²) in [6, 6.07) is 11.8. The molecule has 0 unspecified atom stereocenters. The fourth-order valence-electron chi connectivity index (χ4n) is 1.69. The molecule has 0 fully saturated rings. The Morgan fingerprint density at radius 3 is 2.53 bits per heavy atom. The van der Waals surface area contributed by atoms with Crippen molar-refractivity contribution in [3.63, 3.8) is 0 Å². The predicted octanol–water partition coefficient (Wildman–Crippen LogP) is 2.79. The number of aromatic hydroxyl groups is 1. The Balaban J connectivity index is 2.18. The van der Waals surface area contributed by atoms with Gasteiger partial charge in [-0.15, -0.1) is 0 Å². The summed E-state index contributed by atoms with van der Waals surface area (Å²) in [5.41, 5.74) is 1.33. The third kappa shape index (κ3) is 3.04. The molecule has 19 heavy (non-hydrogen) atoms. The third-order valence-corrected chi connectivity index (χ3v) is 2.68. The zero-order chi connectivity index (χ0) is 13.7. The number of hydrogen-bond acceptors (Lipinski definition) is 4. The topological polar surface area (TPSA) is 55.8 Å². The van der Waals surface area contributed by atoms with Crippen molar-refractivity contribution in [3.05, 3.63) is 53.6 Å². The molecular formula is C15H14O4. The lowest BCUT2D eigenvalue weighted by Crippen LogP contribution is -2.00. The molecule has 0 amide bonds. The lowest BCUT2D eigenvalue weighted by atomic mass is 10.2. The number of ether oxygens (including phenoxy) is 2. The molecule has 0 aliphatic heterocycles. The van der Waals surface area contributed by atoms with Gasteiger partial charge >= 0.3 is 0 Å². The molecule has 0 saturated carbocycles. The van der Waals surface area contributed by atoms with Gasteiger partial charge in [0.15, 0.2) is 17.8 Å². The molecule has 1 N–H and O–H groups in total. The third-order valence-electron chi connectivity index (χ3n) is 2.68. The van der Waals surface area contributed by atoms with Gasteiger partial charge < -0.3 is 14.6 Å². The summed E-state index contributed by atoms with van der Waals surface area (Å²) in [4.78, 5) is 11.0. The smallest absolute Gasteiger partial charge is 0.172 e. The van der Waals surface area contributed by atoms with Gasteiger partial charge in [-0.2, -0.15) is 0 Å². The van der Waals surface area contributed by atoms with Crippen molar-refractivity contribution in [2.45, 2.75) is 6.61 Å². The van der Waals surface area contributed by atoms with E-state index in [-0.39, 0.29) is 5.75 Å². The van der Waals surface area contributed by atoms with Crippen LogP contribution in [0.5, 0.6) is 17.2 Å². The summed E-state index contributed by atoms with van der Waals surface area (Å²) in [7, 11) is 1.53. The lowest BCUT2D eigenvalue weighted by Gasteiger charge is -2.12. The second-order valence-corrected chi connectivity index (χ2v) is 3.95. The first kappa shape index (κ1) is 13.0. The van der Waals surface area contributed by atoms with Gasteiger partial charge in [-0.1, -0.05) is 18.2 Å². The summed E-state index contributed by atoms with van der Waals surface area (Å²) in [5.74, 6) is 1.14. The van der Waals surface area contributed by atoms with Crippen LogP contribution in [-0.4, -0.2) is 18.5 Å². The van der Waals surface area contributed by atoms with Crippen LogP contribution in [0.25, 0.3) is 0 Å². The molecule has 0 aliphatic rings. The van der Waals surface area contributed by atoms with Gasteiger partial charge in [0.2, 0.25) is 0 Å². The van der Waals surface area contributed by atoms with Crippen LogP contribution in [0.1, 0.15) is 15.9 Å². The van der Waals surface area contributed by atoms with E-state index in [0.29, 0.717) is 23.7 Å². The van der Waals surface area contributed by atoms with E-state index in [4.69, 9.17) is 9.47 Å². The Kier molecular flexibility index (Phi) is 4.03. The van der Waals surface area contributed by atoms with Crippen molar-refractivity contribution in [2.75, 3.05) is 7.11 Å². The maximum atomic E-state index is 11.0. The van der Waals surface area contributed by atoms with Gasteiger partial charge in [-0.25, -0.2) is 0 Å². The number of rotatable bonds is 5. The molecule has 4 heteroatoms. The van der Waals surface area contributed by atoms with Gasteiger partial charge in [0.25, 0.3) is 0 Å². The monoisotopic (exact) mass is 258 g/mol. The highest BCUT2D eigenvalue weighted by Crippen LogP contribution is 2.30. The van der Waals surface area contributed by atoms with Crippen molar-refractivity contribution in [1.29, 1.82) is 0 Å². The highest BCUT2D eigenvalue weighted by Gasteiger charge is 2.10. The van der Waals surface area contributed by atoms with Gasteiger partial charge in [0.05, 0.1) is 12.7 Å². The highest BCUT2D eigenvalue weighted by molar-refractivity contribution is 5.81. The van der Waals surface area contributed by atoms with Crippen molar-refractivity contribution in [2.24, 2.45) is 0 Å². The number of carbonyl (C=O) groups is 1. The van der Waals surface area contributed by atoms with Gasteiger partial charge in [0, 0.05) is 0 Å². The summed E-state index contributed by atoms with van der Waals surface area (Å²) in [5, 5.41) is 9.20. The molecule has 0 radical (unpaired) electrons. The van der Waals surface area contributed by atoms with Gasteiger partial charge in [-0.05, 0) is 29.8 Å². The van der Waals surface area contributed by atoms with Gasteiger partial charge in [-0.3, -0.25) is 4.79 Å². The zero-order valence-electron chi connectivity index (χ0n) is 10.5. The summed E-state index contributed by atoms with van der Waals surface area (Å²) in [6.07, 6.45) is 0.731. The molecule has 0 bridgehead atoms. The Morgan fingerprint density at radius 1 is 1.16 bits per heavy atom. The Morgan fingerprint density at radius 2 is 1.89 bits per heavy atom. The number of phenolic OH excluding ortho intramolecular Hbond substituents is 1. The van der Waals surface area contributed by atoms with E-state index in [9.17, 15) is 9.90 Å². The number of benzene rings is 2. The van der Waals surface area contributed by atoms with E-state index in [1.807, 2.05) is 0 Å². The molecule has 0 aromatic heterocycles. The van der Waals surface area contributed by atoms with Crippen LogP contribution < -0.4 is 9.47 Å². The molecule has 0 saturated heterocycles. The molecule has 2 aromatic rings. The first-order valence-electron chi connectivity index (χ1n) is 5.77. The van der Waals surface area contributed by atoms with E-state index in [1.54, 1.807) is 42.5 Å². The van der Waals surface area contributed by atoms with Crippen molar-refractivity contribution in [1.82, 2.24) is 0 Å². The molecular weight excluding hydrogens is 244 g/mol. The van der Waals surface area contributed by atoms with Crippen molar-refractivity contribution >= 4 is 6.29 Å². The van der Waals surface area contributed by atoms with Crippen LogP contribution in [0, 0.1) is 0 Å². The van der Waals surface area contributed by atoms with E-state index in [0.717, 1.165) is 11.8 Å². The van der Waals surface area contributed by atoms with Crippen LogP contribution in [0.2, 0.25) is 0 Å².